The second-order valence-corrected chi connectivity index (χ2v) is 9.06. The predicted molar refractivity (Wildman–Crippen MR) is 104 cm³/mol. The van der Waals surface area contributed by atoms with Gasteiger partial charge < -0.3 is 14.4 Å². The number of rotatable bonds is 6. The standard InChI is InChI=1S/C19H28N2O6S/c1-14(18(22)21-11-7-5-6-8-12-21)27-19(23)15-9-10-16(26-4)17(13-15)28(24,25)20(2)3/h9-10,13-14H,5-8,11-12H2,1-4H3/t14-/m0/s1. The topological polar surface area (TPSA) is 93.2 Å². The predicted octanol–water partition coefficient (Wildman–Crippen LogP) is 1.89. The number of amides is 1. The lowest BCUT2D eigenvalue weighted by atomic mass is 10.2. The molecule has 1 aliphatic rings. The van der Waals surface area contributed by atoms with Crippen molar-refractivity contribution in [3.63, 3.8) is 0 Å². The third-order valence-corrected chi connectivity index (χ3v) is 6.54. The number of sulfonamides is 1. The number of benzene rings is 1. The number of methoxy groups -OCH3 is 1. The average molecular weight is 413 g/mol. The molecule has 1 fully saturated rings. The Morgan fingerprint density at radius 2 is 1.71 bits per heavy atom. The van der Waals surface area contributed by atoms with E-state index in [9.17, 15) is 18.0 Å². The molecule has 1 aromatic carbocycles. The molecule has 1 aliphatic heterocycles. The fraction of sp³-hybridized carbons (Fsp3) is 0.579. The summed E-state index contributed by atoms with van der Waals surface area (Å²) in [6.07, 6.45) is 3.12. The van der Waals surface area contributed by atoms with Crippen LogP contribution in [0.5, 0.6) is 5.75 Å². The minimum Gasteiger partial charge on any atom is -0.495 e. The Morgan fingerprint density at radius 1 is 1.11 bits per heavy atom. The molecule has 0 saturated carbocycles. The zero-order valence-corrected chi connectivity index (χ0v) is 17.6. The Labute approximate surface area is 166 Å². The van der Waals surface area contributed by atoms with Crippen LogP contribution in [0.3, 0.4) is 0 Å². The quantitative estimate of drug-likeness (QED) is 0.663. The zero-order valence-electron chi connectivity index (χ0n) is 16.8. The molecule has 1 aromatic rings. The van der Waals surface area contributed by atoms with Gasteiger partial charge in [-0.15, -0.1) is 0 Å². The number of likely N-dealkylation sites (tertiary alicyclic amines) is 1. The first-order valence-corrected chi connectivity index (χ1v) is 10.7. The summed E-state index contributed by atoms with van der Waals surface area (Å²) in [5.74, 6) is -0.864. The molecule has 0 N–H and O–H groups in total. The Hall–Kier alpha value is -2.13. The van der Waals surface area contributed by atoms with Gasteiger partial charge in [0.05, 0.1) is 12.7 Å². The van der Waals surface area contributed by atoms with E-state index in [1.165, 1.54) is 46.3 Å². The number of esters is 1. The number of carbonyl (C=O) groups excluding carboxylic acids is 2. The maximum absolute atomic E-state index is 12.6. The van der Waals surface area contributed by atoms with E-state index in [1.54, 1.807) is 4.90 Å². The fourth-order valence-corrected chi connectivity index (χ4v) is 4.10. The summed E-state index contributed by atoms with van der Waals surface area (Å²) in [5, 5.41) is 0. The summed E-state index contributed by atoms with van der Waals surface area (Å²) in [4.78, 5) is 26.7. The first kappa shape index (κ1) is 22.2. The van der Waals surface area contributed by atoms with Crippen LogP contribution in [-0.2, 0) is 19.6 Å². The Balaban J connectivity index is 2.18. The molecule has 1 heterocycles. The van der Waals surface area contributed by atoms with Gasteiger partial charge in [-0.05, 0) is 38.0 Å². The monoisotopic (exact) mass is 412 g/mol. The molecule has 0 aliphatic carbocycles. The molecule has 0 radical (unpaired) electrons. The van der Waals surface area contributed by atoms with Crippen molar-refractivity contribution < 1.29 is 27.5 Å². The van der Waals surface area contributed by atoms with Crippen LogP contribution in [-0.4, -0.2) is 69.9 Å². The van der Waals surface area contributed by atoms with Crippen LogP contribution >= 0.6 is 0 Å². The van der Waals surface area contributed by atoms with Crippen LogP contribution < -0.4 is 4.74 Å². The average Bonchev–Trinajstić information content (AvgIpc) is 2.95. The van der Waals surface area contributed by atoms with Crippen molar-refractivity contribution in [2.75, 3.05) is 34.3 Å². The van der Waals surface area contributed by atoms with Crippen LogP contribution in [0.1, 0.15) is 43.0 Å². The minimum atomic E-state index is -3.82. The maximum Gasteiger partial charge on any atom is 0.338 e. The molecule has 9 heteroatoms. The Bertz CT molecular complexity index is 814. The van der Waals surface area contributed by atoms with Crippen LogP contribution in [0.25, 0.3) is 0 Å². The van der Waals surface area contributed by atoms with E-state index in [0.29, 0.717) is 13.1 Å². The lowest BCUT2D eigenvalue weighted by Gasteiger charge is -2.24. The summed E-state index contributed by atoms with van der Waals surface area (Å²) >= 11 is 0. The number of hydrogen-bond acceptors (Lipinski definition) is 6. The highest BCUT2D eigenvalue weighted by Crippen LogP contribution is 2.27. The second-order valence-electron chi connectivity index (χ2n) is 6.94. The molecule has 0 bridgehead atoms. The van der Waals surface area contributed by atoms with E-state index in [-0.39, 0.29) is 22.1 Å². The summed E-state index contributed by atoms with van der Waals surface area (Å²) < 4.78 is 36.4. The van der Waals surface area contributed by atoms with Crippen molar-refractivity contribution >= 4 is 21.9 Å². The second kappa shape index (κ2) is 9.38. The highest BCUT2D eigenvalue weighted by Gasteiger charge is 2.27. The van der Waals surface area contributed by atoms with E-state index in [2.05, 4.69) is 0 Å². The van der Waals surface area contributed by atoms with Gasteiger partial charge in [-0.1, -0.05) is 12.8 Å². The third-order valence-electron chi connectivity index (χ3n) is 4.71. The highest BCUT2D eigenvalue weighted by molar-refractivity contribution is 7.89. The minimum absolute atomic E-state index is 0.0386. The summed E-state index contributed by atoms with van der Waals surface area (Å²) in [7, 11) is 0.316. The lowest BCUT2D eigenvalue weighted by molar-refractivity contribution is -0.139. The van der Waals surface area contributed by atoms with E-state index < -0.39 is 22.1 Å². The van der Waals surface area contributed by atoms with Crippen LogP contribution in [0.4, 0.5) is 0 Å². The van der Waals surface area contributed by atoms with E-state index in [1.807, 2.05) is 0 Å². The third kappa shape index (κ3) is 5.02. The maximum atomic E-state index is 12.6. The van der Waals surface area contributed by atoms with Crippen LogP contribution in [0.2, 0.25) is 0 Å². The van der Waals surface area contributed by atoms with Crippen molar-refractivity contribution in [3.05, 3.63) is 23.8 Å². The van der Waals surface area contributed by atoms with Gasteiger partial charge in [0, 0.05) is 27.2 Å². The molecule has 28 heavy (non-hydrogen) atoms. The van der Waals surface area contributed by atoms with Gasteiger partial charge in [-0.2, -0.15) is 0 Å². The SMILES string of the molecule is COc1ccc(C(=O)O[C@@H](C)C(=O)N2CCCCCC2)cc1S(=O)(=O)N(C)C. The molecular weight excluding hydrogens is 384 g/mol. The van der Waals surface area contributed by atoms with Gasteiger partial charge in [-0.25, -0.2) is 17.5 Å². The van der Waals surface area contributed by atoms with Crippen molar-refractivity contribution in [1.82, 2.24) is 9.21 Å². The molecule has 0 aromatic heterocycles. The van der Waals surface area contributed by atoms with Gasteiger partial charge in [0.1, 0.15) is 10.6 Å². The van der Waals surface area contributed by atoms with Gasteiger partial charge in [-0.3, -0.25) is 4.79 Å². The number of nitrogens with zero attached hydrogens (tertiary/aromatic N) is 2. The molecule has 0 unspecified atom stereocenters. The molecule has 1 atom stereocenters. The highest BCUT2D eigenvalue weighted by atomic mass is 32.2. The summed E-state index contributed by atoms with van der Waals surface area (Å²) in [5.41, 5.74) is 0.0386. The summed E-state index contributed by atoms with van der Waals surface area (Å²) in [6.45, 7) is 2.86. The number of hydrogen-bond donors (Lipinski definition) is 0. The van der Waals surface area contributed by atoms with Gasteiger partial charge >= 0.3 is 5.97 Å². The summed E-state index contributed by atoms with van der Waals surface area (Å²) in [6, 6.07) is 4.02. The van der Waals surface area contributed by atoms with E-state index in [4.69, 9.17) is 9.47 Å². The Kier molecular flexibility index (Phi) is 7.42. The normalized spacial score (nSPS) is 16.4. The van der Waals surface area contributed by atoms with Crippen molar-refractivity contribution in [2.24, 2.45) is 0 Å². The lowest BCUT2D eigenvalue weighted by Crippen LogP contribution is -2.40. The van der Waals surface area contributed by atoms with E-state index in [0.717, 1.165) is 30.0 Å². The van der Waals surface area contributed by atoms with Gasteiger partial charge in [0.2, 0.25) is 10.0 Å². The molecule has 8 nitrogen and oxygen atoms in total. The molecule has 1 amide bonds. The molecule has 0 spiro atoms. The molecule has 156 valence electrons. The first-order chi connectivity index (χ1) is 13.2. The Morgan fingerprint density at radius 3 is 2.25 bits per heavy atom. The molecule has 1 saturated heterocycles. The zero-order chi connectivity index (χ0) is 20.9. The van der Waals surface area contributed by atoms with Crippen molar-refractivity contribution in [1.29, 1.82) is 0 Å². The van der Waals surface area contributed by atoms with Gasteiger partial charge in [0.15, 0.2) is 6.10 Å². The fourth-order valence-electron chi connectivity index (χ4n) is 3.03. The van der Waals surface area contributed by atoms with Gasteiger partial charge in [0.25, 0.3) is 5.91 Å². The van der Waals surface area contributed by atoms with Crippen molar-refractivity contribution in [3.8, 4) is 5.75 Å². The largest absolute Gasteiger partial charge is 0.495 e. The molecule has 2 rings (SSSR count). The molecular formula is C19H28N2O6S. The van der Waals surface area contributed by atoms with Crippen LogP contribution in [0.15, 0.2) is 23.1 Å². The number of carbonyl (C=O) groups is 2. The number of ether oxygens (including phenoxy) is 2. The van der Waals surface area contributed by atoms with Crippen molar-refractivity contribution in [2.45, 2.75) is 43.6 Å². The van der Waals surface area contributed by atoms with Crippen LogP contribution in [0, 0.1) is 0 Å². The smallest absolute Gasteiger partial charge is 0.338 e. The first-order valence-electron chi connectivity index (χ1n) is 9.29. The van der Waals surface area contributed by atoms with E-state index >= 15 is 0 Å².